The Hall–Kier alpha value is -1.02. The smallest absolute Gasteiger partial charge is 0.163 e. The maximum absolute atomic E-state index is 8.59. The number of aliphatic hydroxyl groups excluding tert-OH is 1. The quantitative estimate of drug-likeness (QED) is 0.876. The van der Waals surface area contributed by atoms with Crippen LogP contribution in [0.5, 0.6) is 0 Å². The van der Waals surface area contributed by atoms with E-state index >= 15 is 0 Å². The van der Waals surface area contributed by atoms with E-state index in [1.54, 1.807) is 0 Å². The molecule has 1 aromatic rings. The zero-order valence-electron chi connectivity index (χ0n) is 15.6. The van der Waals surface area contributed by atoms with Crippen LogP contribution in [0, 0.1) is 0 Å². The number of rotatable bonds is 5. The zero-order chi connectivity index (χ0) is 18.3. The number of aliphatic hydroxyl groups is 1. The summed E-state index contributed by atoms with van der Waals surface area (Å²) in [6.45, 7) is 9.88. The van der Waals surface area contributed by atoms with Gasteiger partial charge in [-0.2, -0.15) is 0 Å². The first-order chi connectivity index (χ1) is 11.8. The highest BCUT2D eigenvalue weighted by atomic mass is 16.8. The standard InChI is InChI=1S/C13H18O3.C6H12O3/c1-13(2)15-10-12(16-13)9-14-8-11-6-4-3-5-7-11;1-6(2)8-4-5(3-7)9-6/h3-7,12H,8-10H2,1-2H3;5,7H,3-4H2,1-2H3/t12-;5-/m00/s1. The molecule has 0 radical (unpaired) electrons. The molecule has 2 aliphatic heterocycles. The topological polar surface area (TPSA) is 66.4 Å². The van der Waals surface area contributed by atoms with Crippen molar-refractivity contribution in [1.29, 1.82) is 0 Å². The van der Waals surface area contributed by atoms with Gasteiger partial charge in [0.05, 0.1) is 33.0 Å². The molecule has 2 heterocycles. The van der Waals surface area contributed by atoms with Crippen molar-refractivity contribution >= 4 is 0 Å². The lowest BCUT2D eigenvalue weighted by molar-refractivity contribution is -0.145. The Labute approximate surface area is 150 Å². The predicted molar refractivity (Wildman–Crippen MR) is 93.0 cm³/mol. The molecule has 0 amide bonds. The van der Waals surface area contributed by atoms with Gasteiger partial charge < -0.3 is 28.8 Å². The van der Waals surface area contributed by atoms with Gasteiger partial charge in [0.25, 0.3) is 0 Å². The lowest BCUT2D eigenvalue weighted by Gasteiger charge is -2.17. The Morgan fingerprint density at radius 2 is 1.52 bits per heavy atom. The fourth-order valence-electron chi connectivity index (χ4n) is 2.58. The van der Waals surface area contributed by atoms with Crippen LogP contribution >= 0.6 is 0 Å². The van der Waals surface area contributed by atoms with Crippen LogP contribution < -0.4 is 0 Å². The molecule has 2 fully saturated rings. The lowest BCUT2D eigenvalue weighted by atomic mass is 10.2. The Bertz CT molecular complexity index is 502. The van der Waals surface area contributed by atoms with Crippen LogP contribution in [0.2, 0.25) is 0 Å². The van der Waals surface area contributed by atoms with E-state index in [0.29, 0.717) is 26.4 Å². The highest BCUT2D eigenvalue weighted by Gasteiger charge is 2.33. The van der Waals surface area contributed by atoms with E-state index in [4.69, 9.17) is 28.8 Å². The van der Waals surface area contributed by atoms with Crippen LogP contribution in [0.15, 0.2) is 30.3 Å². The highest BCUT2D eigenvalue weighted by Crippen LogP contribution is 2.22. The molecule has 142 valence electrons. The maximum atomic E-state index is 8.59. The fourth-order valence-corrected chi connectivity index (χ4v) is 2.58. The van der Waals surface area contributed by atoms with Gasteiger partial charge in [-0.1, -0.05) is 30.3 Å². The van der Waals surface area contributed by atoms with Crippen molar-refractivity contribution < 1.29 is 28.8 Å². The second-order valence-electron chi connectivity index (χ2n) is 7.08. The summed E-state index contributed by atoms with van der Waals surface area (Å²) < 4.78 is 27.1. The van der Waals surface area contributed by atoms with Crippen molar-refractivity contribution in [2.24, 2.45) is 0 Å². The second kappa shape index (κ2) is 9.07. The molecule has 0 unspecified atom stereocenters. The molecule has 2 atom stereocenters. The van der Waals surface area contributed by atoms with Crippen molar-refractivity contribution in [3.8, 4) is 0 Å². The maximum Gasteiger partial charge on any atom is 0.163 e. The summed E-state index contributed by atoms with van der Waals surface area (Å²) in [7, 11) is 0. The van der Waals surface area contributed by atoms with Gasteiger partial charge in [-0.3, -0.25) is 0 Å². The first kappa shape index (κ1) is 20.3. The van der Waals surface area contributed by atoms with Gasteiger partial charge in [-0.05, 0) is 33.3 Å². The molecule has 3 rings (SSSR count). The van der Waals surface area contributed by atoms with Gasteiger partial charge in [0.2, 0.25) is 0 Å². The fraction of sp³-hybridized carbons (Fsp3) is 0.684. The van der Waals surface area contributed by atoms with Crippen molar-refractivity contribution in [2.45, 2.75) is 58.1 Å². The van der Waals surface area contributed by atoms with Crippen molar-refractivity contribution in [3.05, 3.63) is 35.9 Å². The summed E-state index contributed by atoms with van der Waals surface area (Å²) in [5, 5.41) is 8.59. The molecule has 0 aliphatic carbocycles. The zero-order valence-corrected chi connectivity index (χ0v) is 15.6. The average Bonchev–Trinajstić information content (AvgIpc) is 3.10. The summed E-state index contributed by atoms with van der Waals surface area (Å²) in [4.78, 5) is 0. The van der Waals surface area contributed by atoms with Crippen molar-refractivity contribution in [3.63, 3.8) is 0 Å². The predicted octanol–water partition coefficient (Wildman–Crippen LogP) is 2.48. The number of benzene rings is 1. The summed E-state index contributed by atoms with van der Waals surface area (Å²) >= 11 is 0. The van der Waals surface area contributed by atoms with Crippen LogP contribution in [0.3, 0.4) is 0 Å². The highest BCUT2D eigenvalue weighted by molar-refractivity contribution is 5.13. The normalized spacial score (nSPS) is 26.9. The minimum Gasteiger partial charge on any atom is -0.394 e. The Kier molecular flexibility index (Phi) is 7.37. The number of hydrogen-bond acceptors (Lipinski definition) is 6. The molecule has 6 nitrogen and oxygen atoms in total. The molecule has 2 saturated heterocycles. The molecule has 0 bridgehead atoms. The van der Waals surface area contributed by atoms with E-state index in [1.807, 2.05) is 45.9 Å². The third-order valence-electron chi connectivity index (χ3n) is 3.75. The van der Waals surface area contributed by atoms with Gasteiger partial charge in [-0.25, -0.2) is 0 Å². The number of ether oxygens (including phenoxy) is 5. The lowest BCUT2D eigenvalue weighted by Crippen LogP contribution is -2.23. The summed E-state index contributed by atoms with van der Waals surface area (Å²) in [5.41, 5.74) is 1.18. The third-order valence-corrected chi connectivity index (χ3v) is 3.75. The van der Waals surface area contributed by atoms with Crippen LogP contribution in [0.25, 0.3) is 0 Å². The van der Waals surface area contributed by atoms with Crippen LogP contribution in [0.1, 0.15) is 33.3 Å². The van der Waals surface area contributed by atoms with Gasteiger partial charge in [0.1, 0.15) is 12.2 Å². The molecular formula is C19H30O6. The Morgan fingerprint density at radius 3 is 1.96 bits per heavy atom. The van der Waals surface area contributed by atoms with Crippen LogP contribution in [-0.4, -0.2) is 55.3 Å². The Balaban J connectivity index is 0.000000212. The molecule has 0 aromatic heterocycles. The average molecular weight is 354 g/mol. The van der Waals surface area contributed by atoms with Gasteiger partial charge >= 0.3 is 0 Å². The number of hydrogen-bond donors (Lipinski definition) is 1. The largest absolute Gasteiger partial charge is 0.394 e. The van der Waals surface area contributed by atoms with Crippen molar-refractivity contribution in [2.75, 3.05) is 26.4 Å². The van der Waals surface area contributed by atoms with E-state index in [2.05, 4.69) is 12.1 Å². The molecule has 1 aromatic carbocycles. The summed E-state index contributed by atoms with van der Waals surface area (Å²) in [6.07, 6.45) is -0.0706. The summed E-state index contributed by atoms with van der Waals surface area (Å²) in [5.74, 6) is -0.950. The SMILES string of the molecule is CC1(C)OC[C@H](CO)O1.CC1(C)OC[C@H](COCc2ccccc2)O1. The molecule has 0 spiro atoms. The molecule has 0 saturated carbocycles. The molecule has 2 aliphatic rings. The first-order valence-corrected chi connectivity index (χ1v) is 8.66. The van der Waals surface area contributed by atoms with E-state index in [9.17, 15) is 0 Å². The van der Waals surface area contributed by atoms with Gasteiger partial charge in [0, 0.05) is 0 Å². The minimum absolute atomic E-state index is 0.0451. The second-order valence-corrected chi connectivity index (χ2v) is 7.08. The van der Waals surface area contributed by atoms with E-state index in [0.717, 1.165) is 0 Å². The van der Waals surface area contributed by atoms with Crippen LogP contribution in [0.4, 0.5) is 0 Å². The van der Waals surface area contributed by atoms with Gasteiger partial charge in [0.15, 0.2) is 11.6 Å². The molecule has 6 heteroatoms. The molecular weight excluding hydrogens is 324 g/mol. The summed E-state index contributed by atoms with van der Waals surface area (Å²) in [6, 6.07) is 10.1. The first-order valence-electron chi connectivity index (χ1n) is 8.66. The van der Waals surface area contributed by atoms with E-state index < -0.39 is 11.6 Å². The van der Waals surface area contributed by atoms with Crippen LogP contribution in [-0.2, 0) is 30.3 Å². The van der Waals surface area contributed by atoms with E-state index in [1.165, 1.54) is 5.56 Å². The monoisotopic (exact) mass is 354 g/mol. The van der Waals surface area contributed by atoms with E-state index in [-0.39, 0.29) is 18.8 Å². The van der Waals surface area contributed by atoms with Gasteiger partial charge in [-0.15, -0.1) is 0 Å². The third kappa shape index (κ3) is 7.40. The molecule has 1 N–H and O–H groups in total. The Morgan fingerprint density at radius 1 is 0.960 bits per heavy atom. The molecule has 25 heavy (non-hydrogen) atoms. The van der Waals surface area contributed by atoms with Crippen molar-refractivity contribution in [1.82, 2.24) is 0 Å². The minimum atomic E-state index is -0.493.